The second-order valence-corrected chi connectivity index (χ2v) is 15.8. The van der Waals surface area contributed by atoms with Gasteiger partial charge in [-0.1, -0.05) is 31.9 Å². The summed E-state index contributed by atoms with van der Waals surface area (Å²) in [5.74, 6) is -1.02. The van der Waals surface area contributed by atoms with Gasteiger partial charge in [0.05, 0.1) is 31.5 Å². The van der Waals surface area contributed by atoms with E-state index < -0.39 is 58.9 Å². The second kappa shape index (κ2) is 15.1. The third kappa shape index (κ3) is 7.66. The van der Waals surface area contributed by atoms with Gasteiger partial charge in [0.25, 0.3) is 0 Å². The van der Waals surface area contributed by atoms with Gasteiger partial charge in [0.1, 0.15) is 46.5 Å². The van der Waals surface area contributed by atoms with Crippen LogP contribution in [0.5, 0.6) is 11.5 Å². The molecule has 1 saturated carbocycles. The molecule has 12 nitrogen and oxygen atoms in total. The number of hydrogen-bond donors (Lipinski definition) is 2. The summed E-state index contributed by atoms with van der Waals surface area (Å²) in [4.78, 5) is 62.2. The van der Waals surface area contributed by atoms with E-state index in [4.69, 9.17) is 23.9 Å². The number of carbonyl (C=O) groups is 4. The van der Waals surface area contributed by atoms with Crippen molar-refractivity contribution < 1.29 is 42.5 Å². The van der Waals surface area contributed by atoms with Crippen molar-refractivity contribution in [3.05, 3.63) is 41.6 Å². The van der Waals surface area contributed by atoms with Crippen LogP contribution < -0.4 is 20.1 Å². The summed E-state index contributed by atoms with van der Waals surface area (Å²) in [6, 6.07) is 3.15. The minimum absolute atomic E-state index is 0.0394. The maximum Gasteiger partial charge on any atom is 0.408 e. The van der Waals surface area contributed by atoms with E-state index in [1.54, 1.807) is 53.0 Å². The zero-order valence-electron chi connectivity index (χ0n) is 31.7. The first-order valence-corrected chi connectivity index (χ1v) is 19.0. The number of halogens is 1. The van der Waals surface area contributed by atoms with Crippen molar-refractivity contribution in [3.8, 4) is 11.5 Å². The monoisotopic (exact) mass is 736 g/mol. The van der Waals surface area contributed by atoms with Crippen LogP contribution in [-0.2, 0) is 30.3 Å². The van der Waals surface area contributed by atoms with Crippen molar-refractivity contribution in [2.75, 3.05) is 20.3 Å². The van der Waals surface area contributed by atoms with Gasteiger partial charge >= 0.3 is 12.1 Å². The van der Waals surface area contributed by atoms with Gasteiger partial charge in [-0.15, -0.1) is 0 Å². The number of benzene rings is 1. The molecule has 1 aromatic heterocycles. The highest BCUT2D eigenvalue weighted by Crippen LogP contribution is 2.51. The Morgan fingerprint density at radius 2 is 1.92 bits per heavy atom. The van der Waals surface area contributed by atoms with Crippen LogP contribution in [0.25, 0.3) is 10.9 Å². The molecule has 1 saturated heterocycles. The number of hydrogen-bond acceptors (Lipinski definition) is 9. The predicted octanol–water partition coefficient (Wildman–Crippen LogP) is 6.18. The van der Waals surface area contributed by atoms with Crippen LogP contribution in [0.15, 0.2) is 30.4 Å². The highest BCUT2D eigenvalue weighted by atomic mass is 19.1. The fourth-order valence-electron chi connectivity index (χ4n) is 8.25. The van der Waals surface area contributed by atoms with Crippen molar-refractivity contribution in [2.24, 2.45) is 5.92 Å². The fraction of sp³-hybridized carbons (Fsp3) is 0.625. The molecule has 2 N–H and O–H groups in total. The van der Waals surface area contributed by atoms with Crippen molar-refractivity contribution in [3.63, 3.8) is 0 Å². The van der Waals surface area contributed by atoms with Crippen molar-refractivity contribution in [2.45, 2.75) is 134 Å². The number of pyridine rings is 1. The molecule has 53 heavy (non-hydrogen) atoms. The Kier molecular flexibility index (Phi) is 10.9. The number of alkyl halides is 1. The minimum atomic E-state index is -1.51. The molecule has 0 radical (unpaired) electrons. The third-order valence-corrected chi connectivity index (χ3v) is 10.9. The van der Waals surface area contributed by atoms with Gasteiger partial charge in [-0.2, -0.15) is 0 Å². The largest absolute Gasteiger partial charge is 0.497 e. The standard InChI is InChI=1S/C40H53FN4O8/c1-7-28-33-32(26-20-25(50-6)16-17-29(26)42-28)27(41)21-39(52-33)22-31-34(46)44-40(36(48)51-8-2)19-18-24(40)14-12-10-9-11-13-15-30(35(47)45(31)23-39)43-37(49)53-38(3,4)5/h12,14,16-17,20,24,27,30-31H,7-11,13,15,18-19,21-23H2,1-6H3,(H,43,49)(H,44,46). The molecular weight excluding hydrogens is 683 g/mol. The van der Waals surface area contributed by atoms with Crippen LogP contribution in [0, 0.1) is 5.92 Å². The average Bonchev–Trinajstić information content (AvgIpc) is 3.46. The highest BCUT2D eigenvalue weighted by Gasteiger charge is 2.59. The SMILES string of the molecule is CCOC(=O)C12CCC1C=CCCCCCC(NC(=O)OC(C)(C)C)C(=O)N1CC3(CC(F)c4c(c(CC)nc5ccc(OC)cc45)O3)CC1C(=O)N2. The predicted molar refractivity (Wildman–Crippen MR) is 195 cm³/mol. The Morgan fingerprint density at radius 3 is 2.60 bits per heavy atom. The van der Waals surface area contributed by atoms with Gasteiger partial charge in [0.15, 0.2) is 0 Å². The molecule has 4 aliphatic rings. The number of fused-ring (bicyclic) bond motifs is 5. The average molecular weight is 737 g/mol. The summed E-state index contributed by atoms with van der Waals surface area (Å²) < 4.78 is 40.1. The van der Waals surface area contributed by atoms with Gasteiger partial charge in [-0.05, 0) is 84.4 Å². The maximum absolute atomic E-state index is 16.8. The number of rotatable bonds is 5. The van der Waals surface area contributed by atoms with Crippen molar-refractivity contribution in [1.82, 2.24) is 20.5 Å². The first-order valence-electron chi connectivity index (χ1n) is 19.0. The topological polar surface area (TPSA) is 145 Å². The molecule has 2 aromatic rings. The molecule has 1 aromatic carbocycles. The molecule has 6 atom stereocenters. The minimum Gasteiger partial charge on any atom is -0.497 e. The van der Waals surface area contributed by atoms with Gasteiger partial charge < -0.3 is 34.5 Å². The van der Waals surface area contributed by atoms with Crippen LogP contribution >= 0.6 is 0 Å². The van der Waals surface area contributed by atoms with Gasteiger partial charge in [-0.25, -0.2) is 19.0 Å². The Hall–Kier alpha value is -4.42. The number of amides is 3. The number of alkyl carbamates (subject to hydrolysis) is 1. The number of ether oxygens (including phenoxy) is 4. The summed E-state index contributed by atoms with van der Waals surface area (Å²) in [6.45, 7) is 8.86. The van der Waals surface area contributed by atoms with Gasteiger partial charge in [0.2, 0.25) is 11.8 Å². The smallest absolute Gasteiger partial charge is 0.408 e. The molecule has 3 amide bonds. The van der Waals surface area contributed by atoms with Crippen LogP contribution in [0.1, 0.15) is 110 Å². The van der Waals surface area contributed by atoms with Crippen LogP contribution in [0.3, 0.4) is 0 Å². The first-order chi connectivity index (χ1) is 25.2. The quantitative estimate of drug-likeness (QED) is 0.272. The number of nitrogens with zero attached hydrogens (tertiary/aromatic N) is 2. The third-order valence-electron chi connectivity index (χ3n) is 10.9. The maximum atomic E-state index is 16.8. The highest BCUT2D eigenvalue weighted by molar-refractivity contribution is 5.96. The molecule has 0 bridgehead atoms. The second-order valence-electron chi connectivity index (χ2n) is 15.8. The van der Waals surface area contributed by atoms with E-state index in [2.05, 4.69) is 10.6 Å². The van der Waals surface area contributed by atoms with Crippen LogP contribution in [0.4, 0.5) is 9.18 Å². The van der Waals surface area contributed by atoms with E-state index in [-0.39, 0.29) is 31.9 Å². The van der Waals surface area contributed by atoms with E-state index in [1.165, 1.54) is 4.90 Å². The molecule has 288 valence electrons. The van der Waals surface area contributed by atoms with Crippen molar-refractivity contribution in [1.29, 1.82) is 0 Å². The number of aryl methyl sites for hydroxylation is 1. The fourth-order valence-corrected chi connectivity index (χ4v) is 8.25. The lowest BCUT2D eigenvalue weighted by molar-refractivity contribution is -0.161. The van der Waals surface area contributed by atoms with Crippen LogP contribution in [-0.4, -0.2) is 82.8 Å². The van der Waals surface area contributed by atoms with E-state index in [0.29, 0.717) is 65.8 Å². The first kappa shape index (κ1) is 38.3. The van der Waals surface area contributed by atoms with Crippen molar-refractivity contribution >= 4 is 34.8 Å². The number of nitrogens with one attached hydrogen (secondary N) is 2. The Labute approximate surface area is 310 Å². The number of esters is 1. The Balaban J connectivity index is 1.41. The summed E-state index contributed by atoms with van der Waals surface area (Å²) in [6.07, 6.45) is 6.43. The summed E-state index contributed by atoms with van der Waals surface area (Å²) >= 11 is 0. The summed E-state index contributed by atoms with van der Waals surface area (Å²) in [5, 5.41) is 6.37. The normalized spacial score (nSPS) is 29.0. The van der Waals surface area contributed by atoms with E-state index in [9.17, 15) is 19.2 Å². The zero-order valence-corrected chi connectivity index (χ0v) is 31.7. The number of allylic oxidation sites excluding steroid dienone is 1. The van der Waals surface area contributed by atoms with Gasteiger partial charge in [0, 0.05) is 29.7 Å². The number of aromatic nitrogens is 1. The molecular formula is C40H53FN4O8. The summed E-state index contributed by atoms with van der Waals surface area (Å²) in [7, 11) is 1.54. The van der Waals surface area contributed by atoms with Gasteiger partial charge in [-0.3, -0.25) is 9.59 Å². The van der Waals surface area contributed by atoms with E-state index in [0.717, 1.165) is 19.3 Å². The Morgan fingerprint density at radius 1 is 1.13 bits per heavy atom. The molecule has 1 aliphatic carbocycles. The molecule has 2 fully saturated rings. The lowest BCUT2D eigenvalue weighted by atomic mass is 9.66. The summed E-state index contributed by atoms with van der Waals surface area (Å²) in [5.41, 5.74) is -1.87. The molecule has 3 aliphatic heterocycles. The molecule has 1 spiro atoms. The number of methoxy groups -OCH3 is 1. The molecule has 13 heteroatoms. The molecule has 6 rings (SSSR count). The Bertz CT molecular complexity index is 1780. The van der Waals surface area contributed by atoms with E-state index >= 15 is 4.39 Å². The van der Waals surface area contributed by atoms with Crippen LogP contribution in [0.2, 0.25) is 0 Å². The van der Waals surface area contributed by atoms with E-state index in [1.807, 2.05) is 19.1 Å². The zero-order chi connectivity index (χ0) is 38.1. The lowest BCUT2D eigenvalue weighted by Gasteiger charge is -2.47. The molecule has 6 unspecified atom stereocenters. The molecule has 4 heterocycles. The number of carbonyl (C=O) groups excluding carboxylic acids is 4. The lowest BCUT2D eigenvalue weighted by Crippen LogP contribution is -2.67.